The second kappa shape index (κ2) is 9.29. The molecule has 0 saturated heterocycles. The van der Waals surface area contributed by atoms with E-state index in [0.29, 0.717) is 25.2 Å². The van der Waals surface area contributed by atoms with Crippen molar-refractivity contribution in [1.29, 1.82) is 0 Å². The topological polar surface area (TPSA) is 87.7 Å². The van der Waals surface area contributed by atoms with Crippen molar-refractivity contribution >= 4 is 11.8 Å². The maximum absolute atomic E-state index is 13.5. The summed E-state index contributed by atoms with van der Waals surface area (Å²) in [6, 6.07) is 9.79. The zero-order valence-corrected chi connectivity index (χ0v) is 18.7. The van der Waals surface area contributed by atoms with E-state index in [1.54, 1.807) is 12.1 Å². The quantitative estimate of drug-likeness (QED) is 0.493. The Bertz CT molecular complexity index is 1060. The van der Waals surface area contributed by atoms with Gasteiger partial charge in [0.05, 0.1) is 11.7 Å². The maximum atomic E-state index is 13.5. The molecule has 2 aromatic rings. The van der Waals surface area contributed by atoms with Gasteiger partial charge in [0.1, 0.15) is 17.0 Å². The van der Waals surface area contributed by atoms with Crippen molar-refractivity contribution in [1.82, 2.24) is 10.6 Å². The molecular formula is C25H27F3N2O4. The van der Waals surface area contributed by atoms with Gasteiger partial charge in [0.15, 0.2) is 0 Å². The molecule has 6 nitrogen and oxygen atoms in total. The summed E-state index contributed by atoms with van der Waals surface area (Å²) in [7, 11) is 0. The van der Waals surface area contributed by atoms with Crippen LogP contribution in [-0.4, -0.2) is 22.5 Å². The van der Waals surface area contributed by atoms with Crippen molar-refractivity contribution < 1.29 is 32.6 Å². The molecule has 9 heteroatoms. The van der Waals surface area contributed by atoms with Crippen molar-refractivity contribution in [3.05, 3.63) is 59.2 Å². The van der Waals surface area contributed by atoms with Gasteiger partial charge in [0, 0.05) is 13.0 Å². The zero-order chi connectivity index (χ0) is 24.5. The second-order valence-electron chi connectivity index (χ2n) is 9.14. The van der Waals surface area contributed by atoms with Gasteiger partial charge in [0.2, 0.25) is 11.8 Å². The number of benzene rings is 2. The smallest absolute Gasteiger partial charge is 0.419 e. The first kappa shape index (κ1) is 24.1. The molecule has 34 heavy (non-hydrogen) atoms. The lowest BCUT2D eigenvalue weighted by Gasteiger charge is -2.18. The molecule has 182 valence electrons. The molecule has 1 atom stereocenters. The van der Waals surface area contributed by atoms with Crippen LogP contribution in [-0.2, 0) is 22.3 Å². The molecule has 2 aliphatic carbocycles. The Kier molecular flexibility index (Phi) is 6.58. The predicted molar refractivity (Wildman–Crippen MR) is 118 cm³/mol. The van der Waals surface area contributed by atoms with Crippen molar-refractivity contribution in [2.24, 2.45) is 5.92 Å². The van der Waals surface area contributed by atoms with E-state index in [1.165, 1.54) is 31.2 Å². The Morgan fingerprint density at radius 1 is 1.15 bits per heavy atom. The van der Waals surface area contributed by atoms with Crippen LogP contribution >= 0.6 is 0 Å². The van der Waals surface area contributed by atoms with Gasteiger partial charge in [-0.1, -0.05) is 18.2 Å². The summed E-state index contributed by atoms with van der Waals surface area (Å²) in [6.45, 7) is 1.61. The number of halogens is 3. The Morgan fingerprint density at radius 3 is 2.38 bits per heavy atom. The summed E-state index contributed by atoms with van der Waals surface area (Å²) in [5, 5.41) is 15.3. The van der Waals surface area contributed by atoms with E-state index in [-0.39, 0.29) is 35.4 Å². The molecule has 2 aliphatic rings. The van der Waals surface area contributed by atoms with Crippen LogP contribution in [0.25, 0.3) is 0 Å². The van der Waals surface area contributed by atoms with E-state index in [2.05, 4.69) is 10.6 Å². The van der Waals surface area contributed by atoms with E-state index in [1.807, 2.05) is 0 Å². The summed E-state index contributed by atoms with van der Waals surface area (Å²) in [4.78, 5) is 24.6. The number of aliphatic hydroxyl groups is 1. The molecule has 0 aromatic heterocycles. The summed E-state index contributed by atoms with van der Waals surface area (Å²) in [6.07, 6.45) is -1.86. The minimum absolute atomic E-state index is 0.0867. The van der Waals surface area contributed by atoms with Crippen LogP contribution in [0.3, 0.4) is 0 Å². The van der Waals surface area contributed by atoms with Crippen LogP contribution < -0.4 is 15.4 Å². The van der Waals surface area contributed by atoms with Gasteiger partial charge in [-0.05, 0) is 73.9 Å². The first-order valence-electron chi connectivity index (χ1n) is 11.3. The van der Waals surface area contributed by atoms with Crippen molar-refractivity contribution in [3.8, 4) is 11.5 Å². The predicted octanol–water partition coefficient (Wildman–Crippen LogP) is 4.62. The Balaban J connectivity index is 1.35. The Labute approximate surface area is 195 Å². The van der Waals surface area contributed by atoms with Gasteiger partial charge >= 0.3 is 6.18 Å². The van der Waals surface area contributed by atoms with E-state index < -0.39 is 23.4 Å². The van der Waals surface area contributed by atoms with Crippen LogP contribution in [0.15, 0.2) is 42.5 Å². The molecule has 1 unspecified atom stereocenters. The summed E-state index contributed by atoms with van der Waals surface area (Å²) in [5.74, 6) is -0.0312. The van der Waals surface area contributed by atoms with Gasteiger partial charge in [-0.2, -0.15) is 13.2 Å². The van der Waals surface area contributed by atoms with Gasteiger partial charge < -0.3 is 20.5 Å². The largest absolute Gasteiger partial charge is 0.457 e. The molecule has 3 N–H and O–H groups in total. The van der Waals surface area contributed by atoms with Gasteiger partial charge in [-0.15, -0.1) is 0 Å². The van der Waals surface area contributed by atoms with Crippen LogP contribution in [0.5, 0.6) is 11.5 Å². The fourth-order valence-electron chi connectivity index (χ4n) is 3.71. The van der Waals surface area contributed by atoms with E-state index in [4.69, 9.17) is 4.74 Å². The first-order chi connectivity index (χ1) is 16.1. The number of nitrogens with one attached hydrogen (secondary N) is 2. The second-order valence-corrected chi connectivity index (χ2v) is 9.14. The molecule has 2 saturated carbocycles. The van der Waals surface area contributed by atoms with Crippen LogP contribution in [0.2, 0.25) is 0 Å². The molecule has 0 radical (unpaired) electrons. The molecule has 0 bridgehead atoms. The third kappa shape index (κ3) is 5.88. The Morgan fingerprint density at radius 2 is 1.82 bits per heavy atom. The zero-order valence-electron chi connectivity index (χ0n) is 18.7. The summed E-state index contributed by atoms with van der Waals surface area (Å²) in [5.41, 5.74) is -0.911. The third-order valence-electron chi connectivity index (χ3n) is 6.13. The lowest BCUT2D eigenvalue weighted by Crippen LogP contribution is -2.48. The highest BCUT2D eigenvalue weighted by Crippen LogP contribution is 2.40. The average molecular weight is 476 g/mol. The maximum Gasteiger partial charge on any atom is 0.419 e. The highest BCUT2D eigenvalue weighted by molar-refractivity contribution is 5.94. The Hall–Kier alpha value is -3.07. The fraction of sp³-hybridized carbons (Fsp3) is 0.440. The molecule has 4 rings (SSSR count). The minimum atomic E-state index is -4.64. The number of rotatable bonds is 9. The molecular weight excluding hydrogens is 449 g/mol. The number of aliphatic hydroxyl groups excluding tert-OH is 1. The SMILES string of the molecule is CC(O)c1ccc(Oc2ccc(CNC(=O)C3(NC(=O)CC4CC4)CC3)cc2)c(C(F)(F)F)c1. The number of hydrogen-bond acceptors (Lipinski definition) is 4. The lowest BCUT2D eigenvalue weighted by atomic mass is 10.1. The standard InChI is InChI=1S/C25H27F3N2O4/c1-15(31)18-6-9-21(20(13-18)25(26,27)28)34-19-7-4-17(5-8-19)14-29-23(33)24(10-11-24)30-22(32)12-16-2-3-16/h4-9,13,15-16,31H,2-3,10-12,14H2,1H3,(H,29,33)(H,30,32). The number of hydrogen-bond donors (Lipinski definition) is 3. The molecule has 0 spiro atoms. The van der Waals surface area contributed by atoms with Gasteiger partial charge in [-0.3, -0.25) is 9.59 Å². The number of amides is 2. The van der Waals surface area contributed by atoms with E-state index in [9.17, 15) is 27.9 Å². The number of carbonyl (C=O) groups excluding carboxylic acids is 2. The molecule has 0 aliphatic heterocycles. The van der Waals surface area contributed by atoms with Crippen molar-refractivity contribution in [2.45, 2.75) is 63.4 Å². The first-order valence-corrected chi connectivity index (χ1v) is 11.3. The number of alkyl halides is 3. The highest BCUT2D eigenvalue weighted by Gasteiger charge is 2.51. The normalized spacial score (nSPS) is 17.6. The van der Waals surface area contributed by atoms with E-state index in [0.717, 1.165) is 24.5 Å². The van der Waals surface area contributed by atoms with Crippen molar-refractivity contribution in [2.75, 3.05) is 0 Å². The monoisotopic (exact) mass is 476 g/mol. The lowest BCUT2D eigenvalue weighted by molar-refractivity contribution is -0.138. The molecule has 2 fully saturated rings. The minimum Gasteiger partial charge on any atom is -0.457 e. The van der Waals surface area contributed by atoms with Gasteiger partial charge in [-0.25, -0.2) is 0 Å². The number of carbonyl (C=O) groups is 2. The summed E-state index contributed by atoms with van der Waals surface area (Å²) >= 11 is 0. The molecule has 2 amide bonds. The molecule has 2 aromatic carbocycles. The van der Waals surface area contributed by atoms with Crippen LogP contribution in [0.4, 0.5) is 13.2 Å². The fourth-order valence-corrected chi connectivity index (χ4v) is 3.71. The van der Waals surface area contributed by atoms with E-state index >= 15 is 0 Å². The third-order valence-corrected chi connectivity index (χ3v) is 6.13. The average Bonchev–Trinajstić information content (AvgIpc) is 3.70. The van der Waals surface area contributed by atoms with Gasteiger partial charge in [0.25, 0.3) is 0 Å². The summed E-state index contributed by atoms with van der Waals surface area (Å²) < 4.78 is 45.8. The van der Waals surface area contributed by atoms with Crippen LogP contribution in [0, 0.1) is 5.92 Å². The molecule has 0 heterocycles. The number of ether oxygens (including phenoxy) is 1. The van der Waals surface area contributed by atoms with Crippen molar-refractivity contribution in [3.63, 3.8) is 0 Å². The highest BCUT2D eigenvalue weighted by atomic mass is 19.4. The van der Waals surface area contributed by atoms with Crippen LogP contribution in [0.1, 0.15) is 61.8 Å².